The fourth-order valence-electron chi connectivity index (χ4n) is 2.84. The van der Waals surface area contributed by atoms with Crippen molar-refractivity contribution in [2.24, 2.45) is 5.92 Å². The molecule has 1 atom stereocenters. The van der Waals surface area contributed by atoms with E-state index < -0.39 is 0 Å². The van der Waals surface area contributed by atoms with Gasteiger partial charge in [0.15, 0.2) is 0 Å². The molecule has 104 valence electrons. The maximum atomic E-state index is 6.22. The maximum Gasteiger partial charge on any atom is 0.141 e. The number of hydrogen-bond acceptors (Lipinski definition) is 3. The van der Waals surface area contributed by atoms with Crippen LogP contribution in [-0.4, -0.2) is 16.5 Å². The Labute approximate surface area is 124 Å². The number of halogens is 1. The molecule has 20 heavy (non-hydrogen) atoms. The number of benzene rings is 1. The summed E-state index contributed by atoms with van der Waals surface area (Å²) >= 11 is 6.22. The number of para-hydroxylation sites is 1. The van der Waals surface area contributed by atoms with Crippen molar-refractivity contribution < 1.29 is 0 Å². The van der Waals surface area contributed by atoms with Gasteiger partial charge in [-0.1, -0.05) is 36.7 Å². The summed E-state index contributed by atoms with van der Waals surface area (Å²) in [4.78, 5) is 11.1. The van der Waals surface area contributed by atoms with Crippen LogP contribution in [0, 0.1) is 19.8 Å². The molecule has 1 aromatic heterocycles. The minimum atomic E-state index is 0.545. The predicted molar refractivity (Wildman–Crippen MR) is 82.8 cm³/mol. The van der Waals surface area contributed by atoms with Gasteiger partial charge in [0.2, 0.25) is 0 Å². The first-order valence-corrected chi connectivity index (χ1v) is 7.30. The highest BCUT2D eigenvalue weighted by Gasteiger charge is 2.25. The molecule has 1 unspecified atom stereocenters. The van der Waals surface area contributed by atoms with Gasteiger partial charge in [0.1, 0.15) is 16.8 Å². The second kappa shape index (κ2) is 5.06. The summed E-state index contributed by atoms with van der Waals surface area (Å²) in [6.07, 6.45) is 1.11. The van der Waals surface area contributed by atoms with E-state index in [4.69, 9.17) is 11.6 Å². The molecule has 0 fully saturated rings. The molecule has 4 heteroatoms. The van der Waals surface area contributed by atoms with Crippen LogP contribution in [0.2, 0.25) is 5.15 Å². The molecule has 0 aliphatic carbocycles. The van der Waals surface area contributed by atoms with Gasteiger partial charge < -0.3 is 4.90 Å². The monoisotopic (exact) mass is 287 g/mol. The third-order valence-corrected chi connectivity index (χ3v) is 4.14. The zero-order chi connectivity index (χ0) is 14.3. The largest absolute Gasteiger partial charge is 0.325 e. The van der Waals surface area contributed by atoms with Crippen molar-refractivity contribution in [2.45, 2.75) is 27.2 Å². The van der Waals surface area contributed by atoms with Crippen molar-refractivity contribution in [3.8, 4) is 0 Å². The summed E-state index contributed by atoms with van der Waals surface area (Å²) in [5, 5.41) is 0.545. The van der Waals surface area contributed by atoms with Gasteiger partial charge in [-0.05, 0) is 37.8 Å². The minimum Gasteiger partial charge on any atom is -0.325 e. The smallest absolute Gasteiger partial charge is 0.141 e. The fraction of sp³-hybridized carbons (Fsp3) is 0.375. The number of aryl methyl sites for hydroxylation is 1. The molecule has 1 aliphatic heterocycles. The lowest BCUT2D eigenvalue weighted by Crippen LogP contribution is -2.31. The zero-order valence-electron chi connectivity index (χ0n) is 12.0. The summed E-state index contributed by atoms with van der Waals surface area (Å²) in [6, 6.07) is 8.53. The topological polar surface area (TPSA) is 29.0 Å². The van der Waals surface area contributed by atoms with Gasteiger partial charge in [0, 0.05) is 17.8 Å². The normalized spacial score (nSPS) is 18.0. The SMILES string of the molecule is Cc1nc(Cl)c(C)c(N2CC(C)Cc3ccccc32)n1. The fourth-order valence-corrected chi connectivity index (χ4v) is 3.05. The summed E-state index contributed by atoms with van der Waals surface area (Å²) in [5.41, 5.74) is 3.56. The first-order valence-electron chi connectivity index (χ1n) is 6.92. The van der Waals surface area contributed by atoms with Gasteiger partial charge in [-0.3, -0.25) is 0 Å². The number of nitrogens with zero attached hydrogens (tertiary/aromatic N) is 3. The van der Waals surface area contributed by atoms with Crippen LogP contribution in [-0.2, 0) is 6.42 Å². The van der Waals surface area contributed by atoms with Crippen molar-refractivity contribution in [2.75, 3.05) is 11.4 Å². The number of fused-ring (bicyclic) bond motifs is 1. The average molecular weight is 288 g/mol. The van der Waals surface area contributed by atoms with Gasteiger partial charge in [-0.25, -0.2) is 9.97 Å². The van der Waals surface area contributed by atoms with Gasteiger partial charge in [-0.15, -0.1) is 0 Å². The lowest BCUT2D eigenvalue weighted by Gasteiger charge is -2.35. The van der Waals surface area contributed by atoms with E-state index >= 15 is 0 Å². The molecular weight excluding hydrogens is 270 g/mol. The molecule has 0 saturated heterocycles. The van der Waals surface area contributed by atoms with Gasteiger partial charge in [0.05, 0.1) is 0 Å². The van der Waals surface area contributed by atoms with Gasteiger partial charge >= 0.3 is 0 Å². The van der Waals surface area contributed by atoms with E-state index in [1.54, 1.807) is 0 Å². The van der Waals surface area contributed by atoms with Crippen LogP contribution in [0.1, 0.15) is 23.9 Å². The second-order valence-electron chi connectivity index (χ2n) is 5.56. The Morgan fingerprint density at radius 2 is 1.95 bits per heavy atom. The Morgan fingerprint density at radius 1 is 1.20 bits per heavy atom. The van der Waals surface area contributed by atoms with Crippen molar-refractivity contribution in [3.05, 3.63) is 46.4 Å². The third kappa shape index (κ3) is 2.27. The molecule has 3 rings (SSSR count). The molecule has 1 aromatic carbocycles. The molecule has 0 N–H and O–H groups in total. The molecule has 0 spiro atoms. The highest BCUT2D eigenvalue weighted by Crippen LogP contribution is 2.36. The molecule has 1 aliphatic rings. The van der Waals surface area contributed by atoms with Crippen molar-refractivity contribution in [1.82, 2.24) is 9.97 Å². The standard InChI is InChI=1S/C16H18ClN3/c1-10-8-13-6-4-5-7-14(13)20(9-10)16-11(2)15(17)18-12(3)19-16/h4-7,10H,8-9H2,1-3H3. The molecule has 0 amide bonds. The lowest BCUT2D eigenvalue weighted by atomic mass is 9.94. The van der Waals surface area contributed by atoms with Crippen LogP contribution < -0.4 is 4.90 Å². The second-order valence-corrected chi connectivity index (χ2v) is 5.92. The van der Waals surface area contributed by atoms with Crippen LogP contribution in [0.15, 0.2) is 24.3 Å². The highest BCUT2D eigenvalue weighted by molar-refractivity contribution is 6.30. The van der Waals surface area contributed by atoms with E-state index in [-0.39, 0.29) is 0 Å². The minimum absolute atomic E-state index is 0.545. The summed E-state index contributed by atoms with van der Waals surface area (Å²) in [7, 11) is 0. The maximum absolute atomic E-state index is 6.22. The average Bonchev–Trinajstić information content (AvgIpc) is 2.42. The number of aromatic nitrogens is 2. The van der Waals surface area contributed by atoms with E-state index in [9.17, 15) is 0 Å². The number of rotatable bonds is 1. The Morgan fingerprint density at radius 3 is 2.75 bits per heavy atom. The number of anilines is 2. The first-order chi connectivity index (χ1) is 9.56. The summed E-state index contributed by atoms with van der Waals surface area (Å²) in [6.45, 7) is 7.10. The van der Waals surface area contributed by atoms with Crippen LogP contribution in [0.3, 0.4) is 0 Å². The van der Waals surface area contributed by atoms with Crippen molar-refractivity contribution >= 4 is 23.1 Å². The lowest BCUT2D eigenvalue weighted by molar-refractivity contribution is 0.559. The van der Waals surface area contributed by atoms with E-state index in [2.05, 4.69) is 46.1 Å². The van der Waals surface area contributed by atoms with E-state index in [0.717, 1.165) is 24.3 Å². The first kappa shape index (κ1) is 13.4. The van der Waals surface area contributed by atoms with E-state index in [0.29, 0.717) is 16.9 Å². The Bertz CT molecular complexity index is 654. The van der Waals surface area contributed by atoms with E-state index in [1.807, 2.05) is 13.8 Å². The predicted octanol–water partition coefficient (Wildman–Crippen LogP) is 4.08. The molecule has 0 bridgehead atoms. The molecule has 3 nitrogen and oxygen atoms in total. The third-order valence-electron chi connectivity index (χ3n) is 3.77. The Balaban J connectivity index is 2.16. The van der Waals surface area contributed by atoms with Crippen molar-refractivity contribution in [3.63, 3.8) is 0 Å². The summed E-state index contributed by atoms with van der Waals surface area (Å²) < 4.78 is 0. The van der Waals surface area contributed by atoms with Crippen LogP contribution in [0.4, 0.5) is 11.5 Å². The quantitative estimate of drug-likeness (QED) is 0.740. The van der Waals surface area contributed by atoms with Gasteiger partial charge in [0.25, 0.3) is 0 Å². The number of hydrogen-bond donors (Lipinski definition) is 0. The van der Waals surface area contributed by atoms with Crippen LogP contribution in [0.5, 0.6) is 0 Å². The molecule has 0 saturated carbocycles. The Hall–Kier alpha value is -1.61. The molecule has 0 radical (unpaired) electrons. The Kier molecular flexibility index (Phi) is 3.38. The zero-order valence-corrected chi connectivity index (χ0v) is 12.8. The van der Waals surface area contributed by atoms with Crippen LogP contribution in [0.25, 0.3) is 0 Å². The summed E-state index contributed by atoms with van der Waals surface area (Å²) in [5.74, 6) is 2.24. The van der Waals surface area contributed by atoms with Gasteiger partial charge in [-0.2, -0.15) is 0 Å². The molecule has 2 heterocycles. The highest BCUT2D eigenvalue weighted by atomic mass is 35.5. The molecule has 2 aromatic rings. The van der Waals surface area contributed by atoms with Crippen LogP contribution >= 0.6 is 11.6 Å². The molecular formula is C16H18ClN3. The van der Waals surface area contributed by atoms with Crippen molar-refractivity contribution in [1.29, 1.82) is 0 Å². The van der Waals surface area contributed by atoms with E-state index in [1.165, 1.54) is 11.3 Å².